The number of amides is 3. The number of ether oxygens (including phenoxy) is 1. The Kier molecular flexibility index (Phi) is 9.06. The van der Waals surface area contributed by atoms with Gasteiger partial charge in [-0.05, 0) is 50.5 Å². The predicted molar refractivity (Wildman–Crippen MR) is 121 cm³/mol. The fraction of sp³-hybridized carbons (Fsp3) is 0.375. The van der Waals surface area contributed by atoms with Gasteiger partial charge >= 0.3 is 6.09 Å². The predicted octanol–water partition coefficient (Wildman–Crippen LogP) is 3.79. The van der Waals surface area contributed by atoms with Gasteiger partial charge in [-0.2, -0.15) is 0 Å². The summed E-state index contributed by atoms with van der Waals surface area (Å²) in [5.74, 6) is -0.244. The smallest absolute Gasteiger partial charge is 0.407 e. The van der Waals surface area contributed by atoms with Crippen molar-refractivity contribution in [1.29, 1.82) is 0 Å². The number of hydrogen-bond donors (Lipinski definition) is 3. The summed E-state index contributed by atoms with van der Waals surface area (Å²) in [4.78, 5) is 35.8. The molecule has 2 aromatic rings. The standard InChI is InChI=1S/C24H31N3O4/c1-24(2,3)31-23(30)25-15-14-22(29)27-20-11-7-10-19(16-20)17-26-21(28)13-12-18-8-5-4-6-9-18/h4-11,16H,12-15,17H2,1-3H3,(H,25,30)(H,26,28)(H,27,29). The van der Waals surface area contributed by atoms with Crippen LogP contribution in [0.2, 0.25) is 0 Å². The van der Waals surface area contributed by atoms with Crippen molar-refractivity contribution >= 4 is 23.6 Å². The summed E-state index contributed by atoms with van der Waals surface area (Å²) < 4.78 is 5.13. The molecule has 0 bridgehead atoms. The second-order valence-electron chi connectivity index (χ2n) is 8.19. The summed E-state index contributed by atoms with van der Waals surface area (Å²) >= 11 is 0. The molecule has 31 heavy (non-hydrogen) atoms. The van der Waals surface area contributed by atoms with Crippen LogP contribution in [0, 0.1) is 0 Å². The zero-order valence-electron chi connectivity index (χ0n) is 18.4. The molecule has 0 aliphatic rings. The van der Waals surface area contributed by atoms with Crippen LogP contribution >= 0.6 is 0 Å². The Bertz CT molecular complexity index is 876. The quantitative estimate of drug-likeness (QED) is 0.569. The number of benzene rings is 2. The first-order valence-electron chi connectivity index (χ1n) is 10.4. The molecule has 0 saturated carbocycles. The van der Waals surface area contributed by atoms with E-state index in [0.29, 0.717) is 25.1 Å². The average molecular weight is 426 g/mol. The average Bonchev–Trinajstić information content (AvgIpc) is 2.70. The molecule has 0 unspecified atom stereocenters. The van der Waals surface area contributed by atoms with E-state index in [1.165, 1.54) is 0 Å². The summed E-state index contributed by atoms with van der Waals surface area (Å²) in [5, 5.41) is 8.25. The Labute approximate surface area is 183 Å². The van der Waals surface area contributed by atoms with Gasteiger partial charge < -0.3 is 20.7 Å². The number of rotatable bonds is 9. The van der Waals surface area contributed by atoms with E-state index >= 15 is 0 Å². The second-order valence-corrected chi connectivity index (χ2v) is 8.19. The van der Waals surface area contributed by atoms with Gasteiger partial charge in [0.2, 0.25) is 11.8 Å². The third kappa shape index (κ3) is 10.3. The molecule has 0 spiro atoms. The lowest BCUT2D eigenvalue weighted by Crippen LogP contribution is -2.34. The molecule has 0 aromatic heterocycles. The molecular weight excluding hydrogens is 394 g/mol. The number of anilines is 1. The largest absolute Gasteiger partial charge is 0.444 e. The number of carbonyl (C=O) groups excluding carboxylic acids is 3. The highest BCUT2D eigenvalue weighted by Crippen LogP contribution is 2.11. The van der Waals surface area contributed by atoms with E-state index in [1.807, 2.05) is 48.5 Å². The van der Waals surface area contributed by atoms with Crippen molar-refractivity contribution in [3.63, 3.8) is 0 Å². The molecule has 0 fully saturated rings. The van der Waals surface area contributed by atoms with Crippen molar-refractivity contribution in [2.75, 3.05) is 11.9 Å². The number of carbonyl (C=O) groups is 3. The summed E-state index contributed by atoms with van der Waals surface area (Å²) in [7, 11) is 0. The van der Waals surface area contributed by atoms with Crippen LogP contribution < -0.4 is 16.0 Å². The molecule has 7 heteroatoms. The van der Waals surface area contributed by atoms with Crippen LogP contribution in [-0.2, 0) is 27.3 Å². The molecule has 3 amide bonds. The first-order chi connectivity index (χ1) is 14.7. The Balaban J connectivity index is 1.71. The number of nitrogens with one attached hydrogen (secondary N) is 3. The molecule has 0 atom stereocenters. The normalized spacial score (nSPS) is 10.8. The molecule has 2 rings (SSSR count). The van der Waals surface area contributed by atoms with Crippen molar-refractivity contribution in [2.24, 2.45) is 0 Å². The van der Waals surface area contributed by atoms with Crippen molar-refractivity contribution in [3.8, 4) is 0 Å². The van der Waals surface area contributed by atoms with Gasteiger partial charge in [0.15, 0.2) is 0 Å². The minimum absolute atomic E-state index is 0.0218. The highest BCUT2D eigenvalue weighted by molar-refractivity contribution is 5.91. The van der Waals surface area contributed by atoms with Crippen molar-refractivity contribution in [1.82, 2.24) is 10.6 Å². The van der Waals surface area contributed by atoms with Gasteiger partial charge in [-0.3, -0.25) is 9.59 Å². The van der Waals surface area contributed by atoms with Crippen LogP contribution in [0.25, 0.3) is 0 Å². The SMILES string of the molecule is CC(C)(C)OC(=O)NCCC(=O)Nc1cccc(CNC(=O)CCc2ccccc2)c1. The lowest BCUT2D eigenvalue weighted by Gasteiger charge is -2.19. The summed E-state index contributed by atoms with van der Waals surface area (Å²) in [5.41, 5.74) is 2.07. The fourth-order valence-corrected chi connectivity index (χ4v) is 2.77. The number of alkyl carbamates (subject to hydrolysis) is 1. The van der Waals surface area contributed by atoms with Crippen LogP contribution in [-0.4, -0.2) is 30.1 Å². The van der Waals surface area contributed by atoms with Gasteiger partial charge in [0.1, 0.15) is 5.60 Å². The minimum atomic E-state index is -0.580. The molecule has 0 aliphatic heterocycles. The molecule has 0 aliphatic carbocycles. The van der Waals surface area contributed by atoms with Crippen LogP contribution in [0.1, 0.15) is 44.7 Å². The lowest BCUT2D eigenvalue weighted by atomic mass is 10.1. The first kappa shape index (κ1) is 23.9. The summed E-state index contributed by atoms with van der Waals surface area (Å²) in [6, 6.07) is 17.2. The van der Waals surface area contributed by atoms with E-state index < -0.39 is 11.7 Å². The molecule has 0 saturated heterocycles. The van der Waals surface area contributed by atoms with Crippen LogP contribution in [0.4, 0.5) is 10.5 Å². The molecule has 166 valence electrons. The van der Waals surface area contributed by atoms with Gasteiger partial charge in [-0.1, -0.05) is 42.5 Å². The summed E-state index contributed by atoms with van der Waals surface area (Å²) in [6.45, 7) is 5.89. The summed E-state index contributed by atoms with van der Waals surface area (Å²) in [6.07, 6.45) is 0.690. The highest BCUT2D eigenvalue weighted by atomic mass is 16.6. The fourth-order valence-electron chi connectivity index (χ4n) is 2.77. The van der Waals surface area contributed by atoms with Gasteiger partial charge in [0.05, 0.1) is 0 Å². The van der Waals surface area contributed by atoms with E-state index in [-0.39, 0.29) is 24.8 Å². The van der Waals surface area contributed by atoms with Gasteiger partial charge in [0.25, 0.3) is 0 Å². The molecule has 0 radical (unpaired) electrons. The second kappa shape index (κ2) is 11.7. The lowest BCUT2D eigenvalue weighted by molar-refractivity contribution is -0.121. The van der Waals surface area contributed by atoms with E-state index in [4.69, 9.17) is 4.74 Å². The molecule has 0 heterocycles. The Hall–Kier alpha value is -3.35. The zero-order chi connectivity index (χ0) is 22.7. The Morgan fingerprint density at radius 1 is 0.839 bits per heavy atom. The van der Waals surface area contributed by atoms with Crippen LogP contribution in [0.15, 0.2) is 54.6 Å². The van der Waals surface area contributed by atoms with E-state index in [9.17, 15) is 14.4 Å². The maximum atomic E-state index is 12.1. The van der Waals surface area contributed by atoms with Crippen molar-refractivity contribution < 1.29 is 19.1 Å². The maximum absolute atomic E-state index is 12.1. The number of hydrogen-bond acceptors (Lipinski definition) is 4. The maximum Gasteiger partial charge on any atom is 0.407 e. The number of aryl methyl sites for hydroxylation is 1. The van der Waals surface area contributed by atoms with E-state index in [2.05, 4.69) is 16.0 Å². The Morgan fingerprint density at radius 3 is 2.26 bits per heavy atom. The van der Waals surface area contributed by atoms with Gasteiger partial charge in [0, 0.05) is 31.6 Å². The highest BCUT2D eigenvalue weighted by Gasteiger charge is 2.15. The third-order valence-electron chi connectivity index (χ3n) is 4.20. The molecular formula is C24H31N3O4. The van der Waals surface area contributed by atoms with Gasteiger partial charge in [-0.15, -0.1) is 0 Å². The third-order valence-corrected chi connectivity index (χ3v) is 4.20. The minimum Gasteiger partial charge on any atom is -0.444 e. The van der Waals surface area contributed by atoms with E-state index in [0.717, 1.165) is 11.1 Å². The zero-order valence-corrected chi connectivity index (χ0v) is 18.4. The first-order valence-corrected chi connectivity index (χ1v) is 10.4. The van der Waals surface area contributed by atoms with Crippen LogP contribution in [0.3, 0.4) is 0 Å². The molecule has 3 N–H and O–H groups in total. The Morgan fingerprint density at radius 2 is 1.55 bits per heavy atom. The monoisotopic (exact) mass is 425 g/mol. The van der Waals surface area contributed by atoms with Crippen molar-refractivity contribution in [3.05, 3.63) is 65.7 Å². The molecule has 2 aromatic carbocycles. The van der Waals surface area contributed by atoms with Crippen LogP contribution in [0.5, 0.6) is 0 Å². The van der Waals surface area contributed by atoms with E-state index in [1.54, 1.807) is 26.8 Å². The van der Waals surface area contributed by atoms with Gasteiger partial charge in [-0.25, -0.2) is 4.79 Å². The van der Waals surface area contributed by atoms with Crippen molar-refractivity contribution in [2.45, 2.75) is 52.2 Å². The topological polar surface area (TPSA) is 96.5 Å². The molecule has 7 nitrogen and oxygen atoms in total.